The van der Waals surface area contributed by atoms with Crippen molar-refractivity contribution in [3.05, 3.63) is 95.6 Å². The van der Waals surface area contributed by atoms with E-state index in [-0.39, 0.29) is 23.4 Å². The first-order chi connectivity index (χ1) is 14.8. The summed E-state index contributed by atoms with van der Waals surface area (Å²) in [6, 6.07) is 22.8. The van der Waals surface area contributed by atoms with Crippen LogP contribution in [0.2, 0.25) is 0 Å². The molecule has 0 aliphatic carbocycles. The molecule has 3 aromatic rings. The highest BCUT2D eigenvalue weighted by atomic mass is 32.2. The maximum absolute atomic E-state index is 13.3. The number of rotatable bonds is 8. The van der Waals surface area contributed by atoms with Crippen LogP contribution in [-0.4, -0.2) is 20.9 Å². The van der Waals surface area contributed by atoms with Gasteiger partial charge in [0.2, 0.25) is 5.91 Å². The highest BCUT2D eigenvalue weighted by Crippen LogP contribution is 2.24. The van der Waals surface area contributed by atoms with E-state index in [9.17, 15) is 13.2 Å². The molecule has 0 aliphatic rings. The van der Waals surface area contributed by atoms with Crippen LogP contribution in [0.3, 0.4) is 0 Å². The van der Waals surface area contributed by atoms with Crippen LogP contribution in [0.15, 0.2) is 83.8 Å². The number of hydrogen-bond acceptors (Lipinski definition) is 3. The van der Waals surface area contributed by atoms with Gasteiger partial charge in [-0.1, -0.05) is 61.5 Å². The molecular weight excluding hydrogens is 408 g/mol. The van der Waals surface area contributed by atoms with Gasteiger partial charge in [0.15, 0.2) is 0 Å². The van der Waals surface area contributed by atoms with Crippen LogP contribution in [0.4, 0.5) is 5.69 Å². The maximum Gasteiger partial charge on any atom is 0.264 e. The number of nitrogens with zero attached hydrogens (tertiary/aromatic N) is 1. The molecule has 0 fully saturated rings. The average molecular weight is 437 g/mol. The van der Waals surface area contributed by atoms with E-state index in [1.165, 1.54) is 17.7 Å². The van der Waals surface area contributed by atoms with Crippen LogP contribution in [-0.2, 0) is 14.8 Å². The molecule has 3 aromatic carbocycles. The third-order valence-electron chi connectivity index (χ3n) is 5.34. The van der Waals surface area contributed by atoms with Gasteiger partial charge in [-0.15, -0.1) is 0 Å². The molecule has 0 unspecified atom stereocenters. The molecule has 162 valence electrons. The van der Waals surface area contributed by atoms with Gasteiger partial charge in [-0.2, -0.15) is 0 Å². The van der Waals surface area contributed by atoms with E-state index in [2.05, 4.69) is 11.4 Å². The van der Waals surface area contributed by atoms with Crippen LogP contribution in [0.25, 0.3) is 0 Å². The molecule has 0 bridgehead atoms. The first-order valence-electron chi connectivity index (χ1n) is 10.3. The minimum Gasteiger partial charge on any atom is -0.348 e. The molecule has 0 heterocycles. The maximum atomic E-state index is 13.3. The monoisotopic (exact) mass is 436 g/mol. The van der Waals surface area contributed by atoms with Gasteiger partial charge in [0, 0.05) is 0 Å². The van der Waals surface area contributed by atoms with Gasteiger partial charge in [0.1, 0.15) is 6.54 Å². The number of hydrogen-bond donors (Lipinski definition) is 1. The molecule has 1 amide bonds. The second kappa shape index (κ2) is 9.79. The summed E-state index contributed by atoms with van der Waals surface area (Å²) in [6.45, 7) is 5.78. The van der Waals surface area contributed by atoms with Gasteiger partial charge in [-0.3, -0.25) is 9.10 Å². The smallest absolute Gasteiger partial charge is 0.264 e. The molecule has 0 radical (unpaired) electrons. The molecule has 31 heavy (non-hydrogen) atoms. The van der Waals surface area contributed by atoms with Gasteiger partial charge < -0.3 is 5.32 Å². The molecule has 0 aromatic heterocycles. The minimum absolute atomic E-state index is 0.146. The summed E-state index contributed by atoms with van der Waals surface area (Å²) in [5.41, 5.74) is 3.80. The number of aryl methyl sites for hydroxylation is 2. The number of amides is 1. The number of anilines is 1. The van der Waals surface area contributed by atoms with E-state index < -0.39 is 10.0 Å². The highest BCUT2D eigenvalue weighted by molar-refractivity contribution is 7.92. The lowest BCUT2D eigenvalue weighted by Gasteiger charge is -2.26. The summed E-state index contributed by atoms with van der Waals surface area (Å²) in [5, 5.41) is 3.01. The Balaban J connectivity index is 1.87. The Morgan fingerprint density at radius 3 is 2.10 bits per heavy atom. The van der Waals surface area contributed by atoms with Crippen LogP contribution in [0.5, 0.6) is 0 Å². The van der Waals surface area contributed by atoms with Crippen LogP contribution < -0.4 is 9.62 Å². The van der Waals surface area contributed by atoms with E-state index in [0.717, 1.165) is 15.4 Å². The van der Waals surface area contributed by atoms with Crippen LogP contribution >= 0.6 is 0 Å². The fourth-order valence-corrected chi connectivity index (χ4v) is 4.84. The SMILES string of the molecule is CC[C@H](NC(=O)CN(c1ccccc1)S(=O)(=O)c1ccccc1)c1ccc(C)c(C)c1. The van der Waals surface area contributed by atoms with Crippen LogP contribution in [0.1, 0.15) is 36.1 Å². The lowest BCUT2D eigenvalue weighted by Crippen LogP contribution is -2.42. The van der Waals surface area contributed by atoms with E-state index in [4.69, 9.17) is 0 Å². The largest absolute Gasteiger partial charge is 0.348 e. The first-order valence-corrected chi connectivity index (χ1v) is 11.8. The second-order valence-electron chi connectivity index (χ2n) is 7.53. The van der Waals surface area contributed by atoms with Crippen molar-refractivity contribution >= 4 is 21.6 Å². The summed E-state index contributed by atoms with van der Waals surface area (Å²) in [7, 11) is -3.90. The van der Waals surface area contributed by atoms with Crippen LogP contribution in [0, 0.1) is 13.8 Å². The third kappa shape index (κ3) is 5.33. The van der Waals surface area contributed by atoms with Crippen molar-refractivity contribution in [2.75, 3.05) is 10.8 Å². The zero-order chi connectivity index (χ0) is 22.4. The molecule has 1 N–H and O–H groups in total. The number of nitrogens with one attached hydrogen (secondary N) is 1. The zero-order valence-corrected chi connectivity index (χ0v) is 18.9. The number of carbonyl (C=O) groups excluding carboxylic acids is 1. The summed E-state index contributed by atoms with van der Waals surface area (Å²) < 4.78 is 27.8. The Morgan fingerprint density at radius 1 is 0.903 bits per heavy atom. The first kappa shape index (κ1) is 22.6. The van der Waals surface area contributed by atoms with E-state index in [1.807, 2.05) is 39.0 Å². The predicted octanol–water partition coefficient (Wildman–Crippen LogP) is 4.77. The van der Waals surface area contributed by atoms with Crippen molar-refractivity contribution < 1.29 is 13.2 Å². The predicted molar refractivity (Wildman–Crippen MR) is 125 cm³/mol. The molecular formula is C25H28N2O3S. The van der Waals surface area contributed by atoms with Crippen molar-refractivity contribution in [1.82, 2.24) is 5.32 Å². The summed E-state index contributed by atoms with van der Waals surface area (Å²) in [6.07, 6.45) is 0.699. The topological polar surface area (TPSA) is 66.5 Å². The van der Waals surface area contributed by atoms with Crippen molar-refractivity contribution in [2.24, 2.45) is 0 Å². The summed E-state index contributed by atoms with van der Waals surface area (Å²) >= 11 is 0. The van der Waals surface area contributed by atoms with E-state index in [1.54, 1.807) is 42.5 Å². The van der Waals surface area contributed by atoms with Gasteiger partial charge in [0.25, 0.3) is 10.0 Å². The lowest BCUT2D eigenvalue weighted by molar-refractivity contribution is -0.120. The van der Waals surface area contributed by atoms with Crippen molar-refractivity contribution in [3.63, 3.8) is 0 Å². The Labute approximate surface area is 184 Å². The third-order valence-corrected chi connectivity index (χ3v) is 7.13. The Kier molecular flexibility index (Phi) is 7.13. The van der Waals surface area contributed by atoms with E-state index >= 15 is 0 Å². The number of carbonyl (C=O) groups is 1. The molecule has 3 rings (SSSR count). The molecule has 5 nitrogen and oxygen atoms in total. The van der Waals surface area contributed by atoms with Crippen molar-refractivity contribution in [2.45, 2.75) is 38.1 Å². The number of sulfonamides is 1. The fourth-order valence-electron chi connectivity index (χ4n) is 3.40. The number of para-hydroxylation sites is 1. The molecule has 0 saturated carbocycles. The molecule has 0 aliphatic heterocycles. The van der Waals surface area contributed by atoms with Gasteiger partial charge in [-0.05, 0) is 61.2 Å². The zero-order valence-electron chi connectivity index (χ0n) is 18.1. The van der Waals surface area contributed by atoms with Gasteiger partial charge in [0.05, 0.1) is 16.6 Å². The molecule has 1 atom stereocenters. The number of benzene rings is 3. The second-order valence-corrected chi connectivity index (χ2v) is 9.39. The summed E-state index contributed by atoms with van der Waals surface area (Å²) in [4.78, 5) is 13.1. The minimum atomic E-state index is -3.90. The fraction of sp³-hybridized carbons (Fsp3) is 0.240. The quantitative estimate of drug-likeness (QED) is 0.553. The van der Waals surface area contributed by atoms with Crippen molar-refractivity contribution in [3.8, 4) is 0 Å². The lowest BCUT2D eigenvalue weighted by atomic mass is 9.99. The molecule has 6 heteroatoms. The summed E-state index contributed by atoms with van der Waals surface area (Å²) in [5.74, 6) is -0.353. The highest BCUT2D eigenvalue weighted by Gasteiger charge is 2.27. The Hall–Kier alpha value is -3.12. The molecule has 0 spiro atoms. The van der Waals surface area contributed by atoms with E-state index in [0.29, 0.717) is 12.1 Å². The normalized spacial score (nSPS) is 12.2. The van der Waals surface area contributed by atoms with Crippen molar-refractivity contribution in [1.29, 1.82) is 0 Å². The Bertz CT molecular complexity index is 1130. The van der Waals surface area contributed by atoms with Gasteiger partial charge in [-0.25, -0.2) is 8.42 Å². The van der Waals surface area contributed by atoms with Gasteiger partial charge >= 0.3 is 0 Å². The standard InChI is InChI=1S/C25H28N2O3S/c1-4-24(21-16-15-19(2)20(3)17-21)26-25(28)18-27(22-11-7-5-8-12-22)31(29,30)23-13-9-6-10-14-23/h5-17,24H,4,18H2,1-3H3,(H,26,28)/t24-/m0/s1. The molecule has 0 saturated heterocycles. The Morgan fingerprint density at radius 2 is 1.52 bits per heavy atom. The average Bonchev–Trinajstić information content (AvgIpc) is 2.79.